The summed E-state index contributed by atoms with van der Waals surface area (Å²) in [6.45, 7) is 7.67. The highest BCUT2D eigenvalue weighted by atomic mass is 15.0. The van der Waals surface area contributed by atoms with Crippen LogP contribution in [0.15, 0.2) is 24.9 Å². The zero-order chi connectivity index (χ0) is 9.14. The third-order valence-corrected chi connectivity index (χ3v) is 1.72. The van der Waals surface area contributed by atoms with Gasteiger partial charge in [0.2, 0.25) is 0 Å². The SMILES string of the molecule is C=C/C=C(/C)c1nc(C)cn1C. The number of aromatic nitrogens is 2. The summed E-state index contributed by atoms with van der Waals surface area (Å²) in [5.74, 6) is 1.01. The Labute approximate surface area is 73.2 Å². The first-order chi connectivity index (χ1) is 5.65. The van der Waals surface area contributed by atoms with Gasteiger partial charge in [0.1, 0.15) is 5.82 Å². The molecule has 0 N–H and O–H groups in total. The van der Waals surface area contributed by atoms with Crippen LogP contribution in [0.5, 0.6) is 0 Å². The van der Waals surface area contributed by atoms with E-state index in [9.17, 15) is 0 Å². The number of hydrogen-bond donors (Lipinski definition) is 0. The van der Waals surface area contributed by atoms with Crippen LogP contribution >= 0.6 is 0 Å². The normalized spacial score (nSPS) is 11.8. The van der Waals surface area contributed by atoms with Gasteiger partial charge in [0.05, 0.1) is 5.69 Å². The molecule has 0 atom stereocenters. The molecule has 0 aliphatic heterocycles. The molecule has 0 spiro atoms. The molecule has 0 amide bonds. The van der Waals surface area contributed by atoms with Crippen molar-refractivity contribution in [2.24, 2.45) is 7.05 Å². The van der Waals surface area contributed by atoms with Crippen molar-refractivity contribution in [1.29, 1.82) is 0 Å². The minimum absolute atomic E-state index is 1.01. The summed E-state index contributed by atoms with van der Waals surface area (Å²) in [5, 5.41) is 0. The number of hydrogen-bond acceptors (Lipinski definition) is 1. The molecule has 2 heteroatoms. The lowest BCUT2D eigenvalue weighted by Gasteiger charge is -1.98. The summed E-state index contributed by atoms with van der Waals surface area (Å²) in [7, 11) is 2.00. The number of allylic oxidation sites excluding steroid dienone is 3. The van der Waals surface area contributed by atoms with E-state index in [0.717, 1.165) is 17.1 Å². The highest BCUT2D eigenvalue weighted by Crippen LogP contribution is 2.11. The van der Waals surface area contributed by atoms with Crippen LogP contribution in [-0.2, 0) is 7.05 Å². The molecule has 12 heavy (non-hydrogen) atoms. The van der Waals surface area contributed by atoms with Crippen LogP contribution in [-0.4, -0.2) is 9.55 Å². The van der Waals surface area contributed by atoms with E-state index < -0.39 is 0 Å². The summed E-state index contributed by atoms with van der Waals surface area (Å²) in [6, 6.07) is 0. The van der Waals surface area contributed by atoms with Gasteiger partial charge in [0.15, 0.2) is 0 Å². The van der Waals surface area contributed by atoms with Gasteiger partial charge in [-0.2, -0.15) is 0 Å². The van der Waals surface area contributed by atoms with Gasteiger partial charge < -0.3 is 4.57 Å². The first-order valence-electron chi connectivity index (χ1n) is 3.95. The molecule has 0 aliphatic rings. The van der Waals surface area contributed by atoms with Crippen LogP contribution in [0, 0.1) is 6.92 Å². The Morgan fingerprint density at radius 2 is 2.33 bits per heavy atom. The van der Waals surface area contributed by atoms with E-state index in [1.807, 2.05) is 37.7 Å². The molecular weight excluding hydrogens is 148 g/mol. The summed E-state index contributed by atoms with van der Waals surface area (Å²) >= 11 is 0. The van der Waals surface area contributed by atoms with E-state index >= 15 is 0 Å². The maximum Gasteiger partial charge on any atom is 0.135 e. The zero-order valence-corrected chi connectivity index (χ0v) is 7.83. The van der Waals surface area contributed by atoms with Crippen LogP contribution in [0.4, 0.5) is 0 Å². The average Bonchev–Trinajstić information content (AvgIpc) is 2.30. The lowest BCUT2D eigenvalue weighted by atomic mass is 10.2. The number of nitrogens with zero attached hydrogens (tertiary/aromatic N) is 2. The second kappa shape index (κ2) is 3.39. The zero-order valence-electron chi connectivity index (χ0n) is 7.83. The smallest absolute Gasteiger partial charge is 0.135 e. The molecule has 0 fully saturated rings. The Hall–Kier alpha value is -1.31. The van der Waals surface area contributed by atoms with Gasteiger partial charge in [0.25, 0.3) is 0 Å². The Bertz CT molecular complexity index is 319. The first kappa shape index (κ1) is 8.78. The number of rotatable bonds is 2. The minimum atomic E-state index is 1.01. The van der Waals surface area contributed by atoms with Gasteiger partial charge in [-0.3, -0.25) is 0 Å². The van der Waals surface area contributed by atoms with Crippen molar-refractivity contribution >= 4 is 5.57 Å². The largest absolute Gasteiger partial charge is 0.334 e. The topological polar surface area (TPSA) is 17.8 Å². The summed E-state index contributed by atoms with van der Waals surface area (Å²) in [6.07, 6.45) is 5.75. The number of imidazole rings is 1. The van der Waals surface area contributed by atoms with Crippen LogP contribution in [0.25, 0.3) is 5.57 Å². The Morgan fingerprint density at radius 3 is 2.75 bits per heavy atom. The van der Waals surface area contributed by atoms with Crippen LogP contribution in [0.3, 0.4) is 0 Å². The fourth-order valence-electron chi connectivity index (χ4n) is 1.23. The van der Waals surface area contributed by atoms with Crippen molar-refractivity contribution in [3.8, 4) is 0 Å². The molecule has 1 aromatic rings. The van der Waals surface area contributed by atoms with Crippen molar-refractivity contribution in [2.45, 2.75) is 13.8 Å². The van der Waals surface area contributed by atoms with Crippen molar-refractivity contribution in [3.63, 3.8) is 0 Å². The minimum Gasteiger partial charge on any atom is -0.334 e. The molecule has 0 bridgehead atoms. The third-order valence-electron chi connectivity index (χ3n) is 1.72. The predicted octanol–water partition coefficient (Wildman–Crippen LogP) is 2.32. The molecule has 64 valence electrons. The van der Waals surface area contributed by atoms with Crippen LogP contribution in [0.1, 0.15) is 18.4 Å². The van der Waals surface area contributed by atoms with Crippen molar-refractivity contribution in [2.75, 3.05) is 0 Å². The fraction of sp³-hybridized carbons (Fsp3) is 0.300. The highest BCUT2D eigenvalue weighted by Gasteiger charge is 2.02. The van der Waals surface area contributed by atoms with Gasteiger partial charge >= 0.3 is 0 Å². The molecule has 0 saturated carbocycles. The summed E-state index contributed by atoms with van der Waals surface area (Å²) in [5.41, 5.74) is 2.19. The fourth-order valence-corrected chi connectivity index (χ4v) is 1.23. The molecule has 0 aliphatic carbocycles. The van der Waals surface area contributed by atoms with E-state index in [-0.39, 0.29) is 0 Å². The second-order valence-electron chi connectivity index (χ2n) is 2.90. The average molecular weight is 162 g/mol. The molecular formula is C10H14N2. The maximum atomic E-state index is 4.38. The molecule has 0 radical (unpaired) electrons. The van der Waals surface area contributed by atoms with Gasteiger partial charge in [-0.1, -0.05) is 18.7 Å². The van der Waals surface area contributed by atoms with Crippen LogP contribution < -0.4 is 0 Å². The molecule has 1 rings (SSSR count). The van der Waals surface area contributed by atoms with Gasteiger partial charge in [-0.05, 0) is 19.4 Å². The molecule has 0 aromatic carbocycles. The predicted molar refractivity (Wildman–Crippen MR) is 51.8 cm³/mol. The van der Waals surface area contributed by atoms with Crippen LogP contribution in [0.2, 0.25) is 0 Å². The van der Waals surface area contributed by atoms with E-state index in [4.69, 9.17) is 0 Å². The lowest BCUT2D eigenvalue weighted by Crippen LogP contribution is -1.93. The lowest BCUT2D eigenvalue weighted by molar-refractivity contribution is 0.889. The van der Waals surface area contributed by atoms with Gasteiger partial charge in [0, 0.05) is 13.2 Å². The third kappa shape index (κ3) is 1.64. The summed E-state index contributed by atoms with van der Waals surface area (Å²) in [4.78, 5) is 4.38. The van der Waals surface area contributed by atoms with Crippen molar-refractivity contribution < 1.29 is 0 Å². The molecule has 1 aromatic heterocycles. The van der Waals surface area contributed by atoms with E-state index in [1.54, 1.807) is 6.08 Å². The van der Waals surface area contributed by atoms with E-state index in [1.165, 1.54) is 0 Å². The molecule has 0 unspecified atom stereocenters. The Morgan fingerprint density at radius 1 is 1.67 bits per heavy atom. The second-order valence-corrected chi connectivity index (χ2v) is 2.90. The standard InChI is InChI=1S/C10H14N2/c1-5-6-8(2)10-11-9(3)7-12(10)4/h5-7H,1H2,2-4H3/b8-6-. The van der Waals surface area contributed by atoms with E-state index in [2.05, 4.69) is 11.6 Å². The van der Waals surface area contributed by atoms with E-state index in [0.29, 0.717) is 0 Å². The Balaban J connectivity index is 3.10. The molecule has 0 saturated heterocycles. The maximum absolute atomic E-state index is 4.38. The monoisotopic (exact) mass is 162 g/mol. The Kier molecular flexibility index (Phi) is 2.48. The highest BCUT2D eigenvalue weighted by molar-refractivity contribution is 5.59. The van der Waals surface area contributed by atoms with Crippen molar-refractivity contribution in [1.82, 2.24) is 9.55 Å². The molecule has 2 nitrogen and oxygen atoms in total. The van der Waals surface area contributed by atoms with Crippen molar-refractivity contribution in [3.05, 3.63) is 36.4 Å². The molecule has 1 heterocycles. The quantitative estimate of drug-likeness (QED) is 0.610. The first-order valence-corrected chi connectivity index (χ1v) is 3.95. The van der Waals surface area contributed by atoms with Gasteiger partial charge in [-0.15, -0.1) is 0 Å². The number of aryl methyl sites for hydroxylation is 2. The summed E-state index contributed by atoms with van der Waals surface area (Å²) < 4.78 is 2.02. The van der Waals surface area contributed by atoms with Gasteiger partial charge in [-0.25, -0.2) is 4.98 Å².